The van der Waals surface area contributed by atoms with E-state index in [-0.39, 0.29) is 5.19 Å². The molecule has 2 aromatic rings. The van der Waals surface area contributed by atoms with Crippen LogP contribution in [0.5, 0.6) is 5.19 Å². The Balaban J connectivity index is 2.22. The number of anilines is 1. The van der Waals surface area contributed by atoms with Crippen LogP contribution in [0, 0.1) is 5.41 Å². The largest absolute Gasteiger partial charge is 0.755 e. The van der Waals surface area contributed by atoms with Gasteiger partial charge in [-0.05, 0) is 65.7 Å². The summed E-state index contributed by atoms with van der Waals surface area (Å²) in [4.78, 5) is 28.9. The van der Waals surface area contributed by atoms with Gasteiger partial charge in [-0.3, -0.25) is 9.00 Å². The first kappa shape index (κ1) is 25.8. The molecule has 2 rings (SSSR count). The third-order valence-corrected chi connectivity index (χ3v) is 5.07. The Hall–Kier alpha value is -2.50. The van der Waals surface area contributed by atoms with Crippen LogP contribution in [0.3, 0.4) is 0 Å². The van der Waals surface area contributed by atoms with Crippen molar-refractivity contribution in [2.75, 3.05) is 4.72 Å². The highest BCUT2D eigenvalue weighted by molar-refractivity contribution is 7.80. The number of nitrogens with zero attached hydrogens (tertiary/aromatic N) is 1. The fourth-order valence-electron chi connectivity index (χ4n) is 2.43. The van der Waals surface area contributed by atoms with Crippen molar-refractivity contribution < 1.29 is 27.8 Å². The summed E-state index contributed by atoms with van der Waals surface area (Å²) in [7, 11) is 0. The topological polar surface area (TPSA) is 130 Å². The summed E-state index contributed by atoms with van der Waals surface area (Å²) in [6.45, 7) is 10.5. The molecular weight excluding hydrogens is 454 g/mol. The Morgan fingerprint density at radius 1 is 1.16 bits per heavy atom. The lowest BCUT2D eigenvalue weighted by atomic mass is 9.98. The van der Waals surface area contributed by atoms with Crippen molar-refractivity contribution in [2.45, 2.75) is 59.6 Å². The van der Waals surface area contributed by atoms with Gasteiger partial charge in [0, 0.05) is 22.3 Å². The zero-order valence-electron chi connectivity index (χ0n) is 18.9. The van der Waals surface area contributed by atoms with Crippen molar-refractivity contribution in [3.05, 3.63) is 40.9 Å². The summed E-state index contributed by atoms with van der Waals surface area (Å²) >= 11 is -1.26. The highest BCUT2D eigenvalue weighted by Gasteiger charge is 2.27. The van der Waals surface area contributed by atoms with Gasteiger partial charge in [0.15, 0.2) is 0 Å². The molecule has 1 aromatic carbocycles. The van der Waals surface area contributed by atoms with Gasteiger partial charge >= 0.3 is 12.1 Å². The lowest BCUT2D eigenvalue weighted by molar-refractivity contribution is -0.143. The Labute approximate surface area is 194 Å². The van der Waals surface area contributed by atoms with Gasteiger partial charge in [0.1, 0.15) is 5.60 Å². The van der Waals surface area contributed by atoms with Gasteiger partial charge in [0.05, 0.1) is 17.2 Å². The summed E-state index contributed by atoms with van der Waals surface area (Å²) < 4.78 is 34.6. The molecule has 11 heteroatoms. The molecule has 32 heavy (non-hydrogen) atoms. The summed E-state index contributed by atoms with van der Waals surface area (Å²) in [6.07, 6.45) is -0.250. The number of nitrogens with one attached hydrogen (secondary N) is 2. The van der Waals surface area contributed by atoms with E-state index < -0.39 is 40.4 Å². The van der Waals surface area contributed by atoms with Crippen molar-refractivity contribution >= 4 is 40.4 Å². The van der Waals surface area contributed by atoms with Crippen LogP contribution in [-0.2, 0) is 27.2 Å². The smallest absolute Gasteiger partial charge is 0.408 e. The number of benzene rings is 1. The SMILES string of the molecule is CC(C)(C)OC(=O)N[C@@H](Cc1ccc(NS(=O)[O-])cc1)c1csc(OC(=O)C(C)(C)C)n1. The Kier molecular flexibility index (Phi) is 8.38. The number of carbonyl (C=O) groups is 2. The van der Waals surface area contributed by atoms with Gasteiger partial charge in [-0.15, -0.1) is 0 Å². The number of esters is 1. The van der Waals surface area contributed by atoms with Gasteiger partial charge in [0.2, 0.25) is 0 Å². The Morgan fingerprint density at radius 3 is 2.31 bits per heavy atom. The number of rotatable bonds is 7. The maximum absolute atomic E-state index is 12.4. The molecule has 0 aliphatic rings. The quantitative estimate of drug-likeness (QED) is 0.449. The molecule has 1 unspecified atom stereocenters. The van der Waals surface area contributed by atoms with Crippen LogP contribution in [0.25, 0.3) is 0 Å². The molecule has 0 aliphatic carbocycles. The third-order valence-electron chi connectivity index (χ3n) is 3.94. The van der Waals surface area contributed by atoms with Crippen LogP contribution in [0.15, 0.2) is 29.6 Å². The monoisotopic (exact) mass is 482 g/mol. The molecular formula is C21H28N3O6S2-. The average Bonchev–Trinajstić information content (AvgIpc) is 3.08. The van der Waals surface area contributed by atoms with E-state index in [1.54, 1.807) is 71.2 Å². The van der Waals surface area contributed by atoms with Gasteiger partial charge in [-0.2, -0.15) is 0 Å². The fourth-order valence-corrected chi connectivity index (χ4v) is 3.48. The van der Waals surface area contributed by atoms with Crippen molar-refractivity contribution in [2.24, 2.45) is 5.41 Å². The Bertz CT molecular complexity index is 961. The van der Waals surface area contributed by atoms with E-state index in [4.69, 9.17) is 9.47 Å². The molecule has 1 aromatic heterocycles. The molecule has 0 radical (unpaired) electrons. The first-order valence-corrected chi connectivity index (χ1v) is 11.8. The minimum absolute atomic E-state index is 0.188. The molecule has 0 saturated carbocycles. The molecule has 0 spiro atoms. The summed E-state index contributed by atoms with van der Waals surface area (Å²) in [6, 6.07) is 6.16. The molecule has 1 heterocycles. The molecule has 1 amide bonds. The first-order chi connectivity index (χ1) is 14.7. The highest BCUT2D eigenvalue weighted by atomic mass is 32.2. The normalized spacial score (nSPS) is 13.7. The lowest BCUT2D eigenvalue weighted by Crippen LogP contribution is -2.36. The van der Waals surface area contributed by atoms with E-state index in [2.05, 4.69) is 15.0 Å². The third kappa shape index (κ3) is 8.56. The second kappa shape index (κ2) is 10.4. The summed E-state index contributed by atoms with van der Waals surface area (Å²) in [5.74, 6) is -0.408. The van der Waals surface area contributed by atoms with E-state index in [1.807, 2.05) is 0 Å². The zero-order chi connectivity index (χ0) is 24.1. The Morgan fingerprint density at radius 2 is 1.78 bits per heavy atom. The van der Waals surface area contributed by atoms with Crippen LogP contribution < -0.4 is 14.8 Å². The number of thiazole rings is 1. The number of hydrogen-bond donors (Lipinski definition) is 2. The molecule has 2 atom stereocenters. The number of ether oxygens (including phenoxy) is 2. The van der Waals surface area contributed by atoms with Crippen molar-refractivity contribution in [3.63, 3.8) is 0 Å². The summed E-state index contributed by atoms with van der Waals surface area (Å²) in [5, 5.41) is 4.71. The molecule has 176 valence electrons. The number of amides is 1. The maximum atomic E-state index is 12.4. The zero-order valence-corrected chi connectivity index (χ0v) is 20.5. The van der Waals surface area contributed by atoms with Crippen molar-refractivity contribution in [3.8, 4) is 5.19 Å². The molecule has 9 nitrogen and oxygen atoms in total. The minimum atomic E-state index is -2.41. The van der Waals surface area contributed by atoms with E-state index in [1.165, 1.54) is 0 Å². The van der Waals surface area contributed by atoms with Crippen LogP contribution in [-0.4, -0.2) is 31.4 Å². The molecule has 0 fully saturated rings. The van der Waals surface area contributed by atoms with Crippen LogP contribution >= 0.6 is 11.3 Å². The minimum Gasteiger partial charge on any atom is -0.755 e. The van der Waals surface area contributed by atoms with Crippen molar-refractivity contribution in [1.82, 2.24) is 10.3 Å². The predicted octanol–water partition coefficient (Wildman–Crippen LogP) is 4.11. The molecule has 0 bridgehead atoms. The van der Waals surface area contributed by atoms with Crippen molar-refractivity contribution in [1.29, 1.82) is 0 Å². The second-order valence-corrected chi connectivity index (χ2v) is 10.6. The maximum Gasteiger partial charge on any atom is 0.408 e. The van der Waals surface area contributed by atoms with Crippen LogP contribution in [0.1, 0.15) is 58.8 Å². The van der Waals surface area contributed by atoms with E-state index in [0.29, 0.717) is 17.8 Å². The van der Waals surface area contributed by atoms with Gasteiger partial charge in [-0.25, -0.2) is 9.78 Å². The average molecular weight is 483 g/mol. The molecule has 0 saturated heterocycles. The predicted molar refractivity (Wildman–Crippen MR) is 122 cm³/mol. The second-order valence-electron chi connectivity index (χ2n) is 9.11. The number of carbonyl (C=O) groups excluding carboxylic acids is 2. The molecule has 0 aliphatic heterocycles. The molecule has 2 N–H and O–H groups in total. The van der Waals surface area contributed by atoms with Crippen LogP contribution in [0.2, 0.25) is 0 Å². The number of hydrogen-bond acceptors (Lipinski definition) is 8. The van der Waals surface area contributed by atoms with Crippen LogP contribution in [0.4, 0.5) is 10.5 Å². The van der Waals surface area contributed by atoms with Gasteiger partial charge in [0.25, 0.3) is 5.19 Å². The standard InChI is InChI=1S/C21H29N3O6S2/c1-20(2,3)17(25)29-19-23-16(12-31-19)15(22-18(26)30-21(4,5)6)11-13-7-9-14(10-8-13)24-32(27)28/h7-10,12,15,24H,11H2,1-6H3,(H,22,26)(H,27,28)/p-1/t15-/m0/s1. The van der Waals surface area contributed by atoms with Gasteiger partial charge in [-0.1, -0.05) is 23.5 Å². The summed E-state index contributed by atoms with van der Waals surface area (Å²) in [5.41, 5.74) is 0.410. The van der Waals surface area contributed by atoms with E-state index in [0.717, 1.165) is 16.9 Å². The number of aromatic nitrogens is 1. The van der Waals surface area contributed by atoms with E-state index >= 15 is 0 Å². The highest BCUT2D eigenvalue weighted by Crippen LogP contribution is 2.28. The number of alkyl carbamates (subject to hydrolysis) is 1. The van der Waals surface area contributed by atoms with Gasteiger partial charge < -0.3 is 24.1 Å². The van der Waals surface area contributed by atoms with E-state index in [9.17, 15) is 18.4 Å². The first-order valence-electron chi connectivity index (χ1n) is 9.85. The lowest BCUT2D eigenvalue weighted by Gasteiger charge is -2.23. The fraction of sp³-hybridized carbons (Fsp3) is 0.476.